The van der Waals surface area contributed by atoms with Gasteiger partial charge in [0.05, 0.1) is 21.6 Å². The lowest BCUT2D eigenvalue weighted by molar-refractivity contribution is -0.393. The third kappa shape index (κ3) is 4.46. The molecule has 0 fully saturated rings. The third-order valence-electron chi connectivity index (χ3n) is 5.33. The van der Waals surface area contributed by atoms with Gasteiger partial charge in [-0.3, -0.25) is 30.4 Å². The molecule has 0 aliphatic heterocycles. The van der Waals surface area contributed by atoms with Crippen LogP contribution in [0.1, 0.15) is 40.3 Å². The minimum atomic E-state index is -0.733. The first kappa shape index (κ1) is 22.6. The van der Waals surface area contributed by atoms with Crippen molar-refractivity contribution in [3.63, 3.8) is 0 Å². The van der Waals surface area contributed by atoms with Crippen molar-refractivity contribution in [2.24, 2.45) is 5.10 Å². The number of aryl methyl sites for hydroxylation is 1. The Labute approximate surface area is 191 Å². The predicted octanol–water partition coefficient (Wildman–Crippen LogP) is 4.95. The van der Waals surface area contributed by atoms with Gasteiger partial charge in [0.15, 0.2) is 5.76 Å². The quantitative estimate of drug-likeness (QED) is 0.384. The van der Waals surface area contributed by atoms with E-state index in [0.717, 1.165) is 12.1 Å². The summed E-state index contributed by atoms with van der Waals surface area (Å²) in [5, 5.41) is 29.2. The molecular formula is C22H18FN5O6. The zero-order chi connectivity index (χ0) is 24.4. The van der Waals surface area contributed by atoms with Crippen LogP contribution in [0.25, 0.3) is 0 Å². The first-order valence-corrected chi connectivity index (χ1v) is 10.2. The molecular weight excluding hydrogens is 449 g/mol. The maximum absolute atomic E-state index is 13.1. The SMILES string of the molecule is Cc1c(C(=O)Nc2ccc(F)cc2)oc2c1/C(=N/Nc1ccc([N+](=O)[O-])cc1[N+](=O)[O-])CCC2. The second kappa shape index (κ2) is 9.10. The molecule has 0 atom stereocenters. The summed E-state index contributed by atoms with van der Waals surface area (Å²) < 4.78 is 18.9. The molecule has 11 nitrogen and oxygen atoms in total. The molecule has 1 aliphatic carbocycles. The van der Waals surface area contributed by atoms with Crippen LogP contribution in [0.4, 0.5) is 27.1 Å². The number of hydrazone groups is 1. The second-order valence-corrected chi connectivity index (χ2v) is 7.55. The molecule has 0 saturated carbocycles. The Bertz CT molecular complexity index is 1330. The van der Waals surface area contributed by atoms with E-state index in [2.05, 4.69) is 15.8 Å². The second-order valence-electron chi connectivity index (χ2n) is 7.55. The van der Waals surface area contributed by atoms with Crippen molar-refractivity contribution < 1.29 is 23.4 Å². The Morgan fingerprint density at radius 3 is 2.50 bits per heavy atom. The standard InChI is InChI=1S/C22H18FN5O6/c1-12-20-17(26-25-16-10-9-15(27(30)31)11-18(16)28(32)33)3-2-4-19(20)34-21(12)22(29)24-14-7-5-13(23)6-8-14/h5-11,25H,2-4H2,1H3,(H,24,29)/b26-17+. The number of non-ortho nitro benzene ring substituents is 1. The zero-order valence-electron chi connectivity index (χ0n) is 17.8. The van der Waals surface area contributed by atoms with Crippen LogP contribution >= 0.6 is 0 Å². The molecule has 1 aliphatic rings. The van der Waals surface area contributed by atoms with Crippen LogP contribution in [0, 0.1) is 33.0 Å². The lowest BCUT2D eigenvalue weighted by atomic mass is 9.93. The van der Waals surface area contributed by atoms with Crippen LogP contribution in [-0.2, 0) is 6.42 Å². The van der Waals surface area contributed by atoms with E-state index in [1.807, 2.05) is 0 Å². The number of hydrogen-bond acceptors (Lipinski definition) is 8. The summed E-state index contributed by atoms with van der Waals surface area (Å²) in [6.45, 7) is 1.71. The largest absolute Gasteiger partial charge is 0.455 e. The minimum absolute atomic E-state index is 0.00866. The van der Waals surface area contributed by atoms with Crippen molar-refractivity contribution in [3.8, 4) is 0 Å². The van der Waals surface area contributed by atoms with Gasteiger partial charge in [-0.15, -0.1) is 0 Å². The van der Waals surface area contributed by atoms with Gasteiger partial charge < -0.3 is 9.73 Å². The Morgan fingerprint density at radius 1 is 1.09 bits per heavy atom. The molecule has 12 heteroatoms. The summed E-state index contributed by atoms with van der Waals surface area (Å²) in [6.07, 6.45) is 1.79. The molecule has 0 radical (unpaired) electrons. The number of rotatable bonds is 6. The van der Waals surface area contributed by atoms with E-state index in [4.69, 9.17) is 4.42 Å². The molecule has 4 rings (SSSR count). The van der Waals surface area contributed by atoms with Crippen LogP contribution in [0.3, 0.4) is 0 Å². The maximum Gasteiger partial charge on any atom is 0.301 e. The number of carbonyl (C=O) groups is 1. The number of furan rings is 1. The number of carbonyl (C=O) groups excluding carboxylic acids is 1. The number of nitrogens with one attached hydrogen (secondary N) is 2. The minimum Gasteiger partial charge on any atom is -0.455 e. The molecule has 174 valence electrons. The normalized spacial score (nSPS) is 13.9. The van der Waals surface area contributed by atoms with Crippen LogP contribution in [0.5, 0.6) is 0 Å². The van der Waals surface area contributed by atoms with Gasteiger partial charge >= 0.3 is 5.69 Å². The average molecular weight is 467 g/mol. The zero-order valence-corrected chi connectivity index (χ0v) is 17.8. The van der Waals surface area contributed by atoms with Gasteiger partial charge in [0.1, 0.15) is 17.3 Å². The van der Waals surface area contributed by atoms with Crippen LogP contribution in [0.15, 0.2) is 52.0 Å². The summed E-state index contributed by atoms with van der Waals surface area (Å²) in [7, 11) is 0. The van der Waals surface area contributed by atoms with Crippen molar-refractivity contribution in [2.75, 3.05) is 10.7 Å². The highest BCUT2D eigenvalue weighted by Gasteiger charge is 2.28. The first-order valence-electron chi connectivity index (χ1n) is 10.2. The number of halogens is 1. The number of anilines is 2. The van der Waals surface area contributed by atoms with Gasteiger partial charge in [-0.25, -0.2) is 4.39 Å². The van der Waals surface area contributed by atoms with E-state index in [1.54, 1.807) is 6.92 Å². The van der Waals surface area contributed by atoms with E-state index >= 15 is 0 Å². The van der Waals surface area contributed by atoms with Gasteiger partial charge in [-0.2, -0.15) is 5.10 Å². The highest BCUT2D eigenvalue weighted by atomic mass is 19.1. The fourth-order valence-electron chi connectivity index (χ4n) is 3.72. The number of nitrogens with zero attached hydrogens (tertiary/aromatic N) is 3. The van der Waals surface area contributed by atoms with Crippen molar-refractivity contribution in [1.29, 1.82) is 0 Å². The molecule has 0 saturated heterocycles. The lowest BCUT2D eigenvalue weighted by Crippen LogP contribution is -2.14. The molecule has 0 unspecified atom stereocenters. The van der Waals surface area contributed by atoms with Crippen LogP contribution < -0.4 is 10.7 Å². The average Bonchev–Trinajstić information content (AvgIpc) is 3.16. The molecule has 1 aromatic heterocycles. The third-order valence-corrected chi connectivity index (χ3v) is 5.33. The Morgan fingerprint density at radius 2 is 1.82 bits per heavy atom. The predicted molar refractivity (Wildman–Crippen MR) is 121 cm³/mol. The lowest BCUT2D eigenvalue weighted by Gasteiger charge is -2.13. The fraction of sp³-hybridized carbons (Fsp3) is 0.182. The Hall–Kier alpha value is -4.61. The van der Waals surface area contributed by atoms with E-state index in [0.29, 0.717) is 47.5 Å². The maximum atomic E-state index is 13.1. The fourth-order valence-corrected chi connectivity index (χ4v) is 3.72. The van der Waals surface area contributed by atoms with Gasteiger partial charge in [0.2, 0.25) is 0 Å². The molecule has 1 heterocycles. The highest BCUT2D eigenvalue weighted by molar-refractivity contribution is 6.09. The smallest absolute Gasteiger partial charge is 0.301 e. The van der Waals surface area contributed by atoms with Crippen molar-refractivity contribution in [3.05, 3.63) is 91.2 Å². The van der Waals surface area contributed by atoms with Gasteiger partial charge in [-0.1, -0.05) is 0 Å². The van der Waals surface area contributed by atoms with E-state index in [9.17, 15) is 29.4 Å². The number of hydrogen-bond donors (Lipinski definition) is 2. The number of fused-ring (bicyclic) bond motifs is 1. The van der Waals surface area contributed by atoms with E-state index in [-0.39, 0.29) is 11.4 Å². The number of benzene rings is 2. The van der Waals surface area contributed by atoms with Crippen molar-refractivity contribution in [2.45, 2.75) is 26.2 Å². The van der Waals surface area contributed by atoms with Gasteiger partial charge in [0, 0.05) is 29.3 Å². The van der Waals surface area contributed by atoms with Crippen molar-refractivity contribution >= 4 is 34.4 Å². The molecule has 3 aromatic rings. The Kier molecular flexibility index (Phi) is 6.04. The van der Waals surface area contributed by atoms with Gasteiger partial charge in [0.25, 0.3) is 11.6 Å². The summed E-state index contributed by atoms with van der Waals surface area (Å²) in [5.41, 5.74) is 3.84. The summed E-state index contributed by atoms with van der Waals surface area (Å²) in [6, 6.07) is 8.53. The van der Waals surface area contributed by atoms with E-state index < -0.39 is 32.9 Å². The summed E-state index contributed by atoms with van der Waals surface area (Å²) in [4.78, 5) is 33.6. The molecule has 1 amide bonds. The van der Waals surface area contributed by atoms with Crippen molar-refractivity contribution in [1.82, 2.24) is 0 Å². The van der Waals surface area contributed by atoms with E-state index in [1.165, 1.54) is 30.3 Å². The highest BCUT2D eigenvalue weighted by Crippen LogP contribution is 2.32. The Balaban J connectivity index is 1.62. The summed E-state index contributed by atoms with van der Waals surface area (Å²) >= 11 is 0. The molecule has 2 aromatic carbocycles. The first-order chi connectivity index (χ1) is 16.2. The number of nitro groups is 2. The molecule has 34 heavy (non-hydrogen) atoms. The van der Waals surface area contributed by atoms with Crippen LogP contribution in [0.2, 0.25) is 0 Å². The molecule has 0 spiro atoms. The van der Waals surface area contributed by atoms with Gasteiger partial charge in [-0.05, 0) is 50.1 Å². The van der Waals surface area contributed by atoms with Crippen LogP contribution in [-0.4, -0.2) is 21.5 Å². The topological polar surface area (TPSA) is 153 Å². The summed E-state index contributed by atoms with van der Waals surface area (Å²) in [5.74, 6) is -0.280. The molecule has 2 N–H and O–H groups in total. The number of amides is 1. The monoisotopic (exact) mass is 467 g/mol. The molecule has 0 bridgehead atoms. The number of nitro benzene ring substituents is 2.